The minimum absolute atomic E-state index is 0.0540. The maximum Gasteiger partial charge on any atom is 0.336 e. The molecular formula is C26H25N3O2. The number of amidine groups is 1. The van der Waals surface area contributed by atoms with E-state index in [0.717, 1.165) is 45.3 Å². The van der Waals surface area contributed by atoms with E-state index in [0.29, 0.717) is 17.5 Å². The van der Waals surface area contributed by atoms with Crippen LogP contribution >= 0.6 is 0 Å². The largest absolute Gasteiger partial charge is 0.478 e. The zero-order valence-electron chi connectivity index (χ0n) is 17.6. The Bertz CT molecular complexity index is 1320. The molecule has 0 unspecified atom stereocenters. The van der Waals surface area contributed by atoms with Crippen LogP contribution in [0.15, 0.2) is 66.9 Å². The lowest BCUT2D eigenvalue weighted by molar-refractivity contribution is 0.0697. The fourth-order valence-electron chi connectivity index (χ4n) is 4.26. The SMILES string of the molecule is CCn1cc(Cc2ccccc2-c2cccc(C)c2C(=O)O)c2ccc(C(=N)N)cc21. The van der Waals surface area contributed by atoms with Gasteiger partial charge in [-0.05, 0) is 47.7 Å². The Balaban J connectivity index is 1.85. The highest BCUT2D eigenvalue weighted by molar-refractivity contribution is 6.00. The van der Waals surface area contributed by atoms with E-state index >= 15 is 0 Å². The number of benzene rings is 3. The number of carboxylic acids is 1. The van der Waals surface area contributed by atoms with Crippen molar-refractivity contribution >= 4 is 22.7 Å². The highest BCUT2D eigenvalue weighted by Gasteiger charge is 2.18. The Morgan fingerprint density at radius 3 is 2.48 bits per heavy atom. The highest BCUT2D eigenvalue weighted by atomic mass is 16.4. The quantitative estimate of drug-likeness (QED) is 0.300. The van der Waals surface area contributed by atoms with E-state index in [-0.39, 0.29) is 5.84 Å². The van der Waals surface area contributed by atoms with Crippen molar-refractivity contribution in [2.45, 2.75) is 26.8 Å². The molecule has 4 N–H and O–H groups in total. The standard InChI is InChI=1S/C26H25N3O2/c1-3-29-15-19(21-12-11-18(25(27)28)14-23(21)29)13-17-8-4-5-9-20(17)22-10-6-7-16(2)24(22)26(30)31/h4-12,14-15H,3,13H2,1-2H3,(H3,27,28)(H,30,31). The zero-order valence-corrected chi connectivity index (χ0v) is 17.6. The molecule has 0 aliphatic carbocycles. The van der Waals surface area contributed by atoms with Crippen molar-refractivity contribution < 1.29 is 9.90 Å². The summed E-state index contributed by atoms with van der Waals surface area (Å²) in [5, 5.41) is 18.7. The highest BCUT2D eigenvalue weighted by Crippen LogP contribution is 2.32. The lowest BCUT2D eigenvalue weighted by Gasteiger charge is -2.13. The molecule has 0 fully saturated rings. The van der Waals surface area contributed by atoms with Gasteiger partial charge >= 0.3 is 5.97 Å². The number of carboxylic acid groups (broad SMARTS) is 1. The lowest BCUT2D eigenvalue weighted by Crippen LogP contribution is -2.10. The topological polar surface area (TPSA) is 92.1 Å². The summed E-state index contributed by atoms with van der Waals surface area (Å²) in [6, 6.07) is 19.4. The van der Waals surface area contributed by atoms with E-state index in [1.807, 2.05) is 61.5 Å². The summed E-state index contributed by atoms with van der Waals surface area (Å²) in [6.45, 7) is 4.72. The Kier molecular flexibility index (Phi) is 5.34. The van der Waals surface area contributed by atoms with Crippen molar-refractivity contribution in [3.05, 3.63) is 94.7 Å². The van der Waals surface area contributed by atoms with Gasteiger partial charge in [0.05, 0.1) is 5.56 Å². The van der Waals surface area contributed by atoms with Crippen molar-refractivity contribution in [1.82, 2.24) is 4.57 Å². The Morgan fingerprint density at radius 1 is 1.03 bits per heavy atom. The number of nitrogens with one attached hydrogen (secondary N) is 1. The number of hydrogen-bond donors (Lipinski definition) is 3. The van der Waals surface area contributed by atoms with E-state index in [1.54, 1.807) is 0 Å². The number of carbonyl (C=O) groups is 1. The van der Waals surface area contributed by atoms with E-state index in [1.165, 1.54) is 0 Å². The number of nitrogen functional groups attached to an aromatic ring is 1. The van der Waals surface area contributed by atoms with Gasteiger partial charge in [-0.1, -0.05) is 54.6 Å². The minimum atomic E-state index is -0.915. The average Bonchev–Trinajstić information content (AvgIpc) is 3.10. The van der Waals surface area contributed by atoms with E-state index < -0.39 is 5.97 Å². The molecule has 0 aliphatic rings. The summed E-state index contributed by atoms with van der Waals surface area (Å²) in [7, 11) is 0. The average molecular weight is 412 g/mol. The van der Waals surface area contributed by atoms with Crippen LogP contribution in [0.5, 0.6) is 0 Å². The molecule has 0 atom stereocenters. The molecule has 4 rings (SSSR count). The number of hydrogen-bond acceptors (Lipinski definition) is 2. The summed E-state index contributed by atoms with van der Waals surface area (Å²) in [4.78, 5) is 12.0. The molecule has 0 saturated heterocycles. The molecule has 31 heavy (non-hydrogen) atoms. The van der Waals surface area contributed by atoms with Crippen molar-refractivity contribution in [3.8, 4) is 11.1 Å². The van der Waals surface area contributed by atoms with Crippen LogP contribution in [0.4, 0.5) is 0 Å². The molecule has 0 spiro atoms. The van der Waals surface area contributed by atoms with Crippen LogP contribution in [0.2, 0.25) is 0 Å². The first-order valence-electron chi connectivity index (χ1n) is 10.3. The summed E-state index contributed by atoms with van der Waals surface area (Å²) >= 11 is 0. The second-order valence-electron chi connectivity index (χ2n) is 7.72. The van der Waals surface area contributed by atoms with E-state index in [2.05, 4.69) is 23.8 Å². The number of fused-ring (bicyclic) bond motifs is 1. The molecule has 0 bridgehead atoms. The minimum Gasteiger partial charge on any atom is -0.478 e. The third kappa shape index (κ3) is 3.70. The fraction of sp³-hybridized carbons (Fsp3) is 0.154. The second-order valence-corrected chi connectivity index (χ2v) is 7.72. The number of nitrogens with zero attached hydrogens (tertiary/aromatic N) is 1. The van der Waals surface area contributed by atoms with Crippen molar-refractivity contribution in [2.75, 3.05) is 0 Å². The molecule has 4 aromatic rings. The third-order valence-electron chi connectivity index (χ3n) is 5.79. The maximum absolute atomic E-state index is 12.0. The second kappa shape index (κ2) is 8.11. The molecule has 1 aromatic heterocycles. The molecule has 5 heteroatoms. The first-order valence-corrected chi connectivity index (χ1v) is 10.3. The summed E-state index contributed by atoms with van der Waals surface area (Å²) in [6.07, 6.45) is 2.81. The molecule has 0 saturated carbocycles. The van der Waals surface area contributed by atoms with Crippen LogP contribution in [0.25, 0.3) is 22.0 Å². The molecule has 1 heterocycles. The monoisotopic (exact) mass is 411 g/mol. The molecule has 0 aliphatic heterocycles. The zero-order chi connectivity index (χ0) is 22.1. The van der Waals surface area contributed by atoms with Gasteiger partial charge in [0.15, 0.2) is 0 Å². The summed E-state index contributed by atoms with van der Waals surface area (Å²) in [5.74, 6) is -0.861. The molecule has 0 radical (unpaired) electrons. The van der Waals surface area contributed by atoms with Gasteiger partial charge in [0, 0.05) is 35.6 Å². The van der Waals surface area contributed by atoms with Gasteiger partial charge in [-0.3, -0.25) is 5.41 Å². The van der Waals surface area contributed by atoms with Crippen LogP contribution in [0.1, 0.15) is 39.5 Å². The van der Waals surface area contributed by atoms with Crippen molar-refractivity contribution in [3.63, 3.8) is 0 Å². The smallest absolute Gasteiger partial charge is 0.336 e. The third-order valence-corrected chi connectivity index (χ3v) is 5.79. The molecule has 3 aromatic carbocycles. The van der Waals surface area contributed by atoms with Crippen molar-refractivity contribution in [1.29, 1.82) is 5.41 Å². The summed E-state index contributed by atoms with van der Waals surface area (Å²) in [5.41, 5.74) is 12.4. The van der Waals surface area contributed by atoms with Crippen LogP contribution in [-0.4, -0.2) is 21.5 Å². The Labute approximate surface area is 181 Å². The van der Waals surface area contributed by atoms with Crippen LogP contribution in [0, 0.1) is 12.3 Å². The number of aromatic carboxylic acids is 1. The van der Waals surface area contributed by atoms with E-state index in [9.17, 15) is 9.90 Å². The van der Waals surface area contributed by atoms with Crippen molar-refractivity contribution in [2.24, 2.45) is 5.73 Å². The van der Waals surface area contributed by atoms with E-state index in [4.69, 9.17) is 11.1 Å². The van der Waals surface area contributed by atoms with Gasteiger partial charge in [0.25, 0.3) is 0 Å². The van der Waals surface area contributed by atoms with Gasteiger partial charge in [-0.2, -0.15) is 0 Å². The first kappa shape index (κ1) is 20.4. The Hall–Kier alpha value is -3.86. The summed E-state index contributed by atoms with van der Waals surface area (Å²) < 4.78 is 2.16. The number of aryl methyl sites for hydroxylation is 2. The van der Waals surface area contributed by atoms with Gasteiger partial charge < -0.3 is 15.4 Å². The predicted octanol–water partition coefficient (Wildman–Crippen LogP) is 5.21. The molecule has 5 nitrogen and oxygen atoms in total. The number of aromatic nitrogens is 1. The molecular weight excluding hydrogens is 386 g/mol. The van der Waals surface area contributed by atoms with Gasteiger partial charge in [0.2, 0.25) is 0 Å². The first-order chi connectivity index (χ1) is 14.9. The normalized spacial score (nSPS) is 11.0. The van der Waals surface area contributed by atoms with Gasteiger partial charge in [0.1, 0.15) is 5.84 Å². The molecule has 0 amide bonds. The maximum atomic E-state index is 12.0. The number of nitrogens with two attached hydrogens (primary N) is 1. The molecule has 156 valence electrons. The van der Waals surface area contributed by atoms with Gasteiger partial charge in [-0.25, -0.2) is 4.79 Å². The van der Waals surface area contributed by atoms with Crippen LogP contribution < -0.4 is 5.73 Å². The van der Waals surface area contributed by atoms with Crippen LogP contribution in [0.3, 0.4) is 0 Å². The lowest BCUT2D eigenvalue weighted by atomic mass is 9.90. The van der Waals surface area contributed by atoms with Crippen LogP contribution in [-0.2, 0) is 13.0 Å². The number of rotatable bonds is 6. The fourth-order valence-corrected chi connectivity index (χ4v) is 4.26. The predicted molar refractivity (Wildman–Crippen MR) is 125 cm³/mol. The van der Waals surface area contributed by atoms with Gasteiger partial charge in [-0.15, -0.1) is 0 Å². The Morgan fingerprint density at radius 2 is 1.77 bits per heavy atom.